The number of benzene rings is 2. The first kappa shape index (κ1) is 15.8. The highest BCUT2D eigenvalue weighted by Crippen LogP contribution is 2.29. The molecular formula is C20H24N2O. The van der Waals surface area contributed by atoms with Crippen molar-refractivity contribution in [2.75, 3.05) is 26.7 Å². The van der Waals surface area contributed by atoms with E-state index in [0.29, 0.717) is 5.92 Å². The Morgan fingerprint density at radius 2 is 1.65 bits per heavy atom. The van der Waals surface area contributed by atoms with E-state index in [1.54, 1.807) is 0 Å². The summed E-state index contributed by atoms with van der Waals surface area (Å²) in [5.74, 6) is 0.586. The molecule has 1 atom stereocenters. The van der Waals surface area contributed by atoms with Crippen molar-refractivity contribution >= 4 is 5.91 Å². The van der Waals surface area contributed by atoms with E-state index in [2.05, 4.69) is 29.6 Å². The van der Waals surface area contributed by atoms with Crippen LogP contribution in [-0.2, 0) is 4.79 Å². The van der Waals surface area contributed by atoms with Gasteiger partial charge in [0.15, 0.2) is 0 Å². The number of amides is 1. The van der Waals surface area contributed by atoms with Crippen LogP contribution in [0.5, 0.6) is 0 Å². The molecule has 0 aromatic heterocycles. The van der Waals surface area contributed by atoms with Gasteiger partial charge in [-0.3, -0.25) is 4.79 Å². The molecule has 1 heterocycles. The van der Waals surface area contributed by atoms with Crippen LogP contribution in [0.3, 0.4) is 0 Å². The number of carbonyl (C=O) groups excluding carboxylic acids is 1. The van der Waals surface area contributed by atoms with Crippen LogP contribution in [-0.4, -0.2) is 37.5 Å². The summed E-state index contributed by atoms with van der Waals surface area (Å²) in [6.07, 6.45) is 1.09. The van der Waals surface area contributed by atoms with Crippen molar-refractivity contribution in [3.05, 3.63) is 71.8 Å². The van der Waals surface area contributed by atoms with Gasteiger partial charge in [0, 0.05) is 13.1 Å². The summed E-state index contributed by atoms with van der Waals surface area (Å²) in [5.41, 5.74) is 2.14. The maximum atomic E-state index is 13.2. The molecule has 1 fully saturated rings. The third-order valence-corrected chi connectivity index (χ3v) is 4.60. The van der Waals surface area contributed by atoms with Gasteiger partial charge in [0.1, 0.15) is 0 Å². The van der Waals surface area contributed by atoms with Gasteiger partial charge in [-0.25, -0.2) is 0 Å². The van der Waals surface area contributed by atoms with E-state index in [4.69, 9.17) is 0 Å². The van der Waals surface area contributed by atoms with Crippen molar-refractivity contribution in [2.45, 2.75) is 12.3 Å². The maximum absolute atomic E-state index is 13.2. The molecule has 23 heavy (non-hydrogen) atoms. The number of hydrogen-bond acceptors (Lipinski definition) is 2. The summed E-state index contributed by atoms with van der Waals surface area (Å²) < 4.78 is 0. The second-order valence-electron chi connectivity index (χ2n) is 6.25. The molecule has 2 aromatic rings. The average molecular weight is 308 g/mol. The Hall–Kier alpha value is -2.13. The standard InChI is InChI=1S/C20H24N2O/c1-21-14-16-12-13-22(15-16)20(23)19(17-8-4-2-5-9-17)18-10-6-3-7-11-18/h2-11,16,19,21H,12-15H2,1H3. The van der Waals surface area contributed by atoms with Gasteiger partial charge >= 0.3 is 0 Å². The lowest BCUT2D eigenvalue weighted by molar-refractivity contribution is -0.130. The SMILES string of the molecule is CNCC1CCN(C(=O)C(c2ccccc2)c2ccccc2)C1. The summed E-state index contributed by atoms with van der Waals surface area (Å²) in [5, 5.41) is 3.22. The van der Waals surface area contributed by atoms with Crippen LogP contribution >= 0.6 is 0 Å². The molecule has 1 saturated heterocycles. The van der Waals surface area contributed by atoms with Gasteiger partial charge in [0.2, 0.25) is 5.91 Å². The second-order valence-corrected chi connectivity index (χ2v) is 6.25. The fourth-order valence-corrected chi connectivity index (χ4v) is 3.44. The minimum absolute atomic E-state index is 0.203. The van der Waals surface area contributed by atoms with E-state index in [9.17, 15) is 4.79 Å². The Kier molecular flexibility index (Phi) is 5.09. The number of carbonyl (C=O) groups is 1. The third kappa shape index (κ3) is 3.62. The highest BCUT2D eigenvalue weighted by Gasteiger charge is 2.32. The lowest BCUT2D eigenvalue weighted by Crippen LogP contribution is -2.34. The number of rotatable bonds is 5. The summed E-state index contributed by atoms with van der Waals surface area (Å²) in [6.45, 7) is 2.70. The van der Waals surface area contributed by atoms with Crippen LogP contribution < -0.4 is 5.32 Å². The zero-order valence-corrected chi connectivity index (χ0v) is 13.6. The molecule has 1 unspecified atom stereocenters. The molecule has 3 heteroatoms. The Morgan fingerprint density at radius 3 is 2.17 bits per heavy atom. The van der Waals surface area contributed by atoms with E-state index in [-0.39, 0.29) is 11.8 Å². The molecule has 0 radical (unpaired) electrons. The number of nitrogens with one attached hydrogen (secondary N) is 1. The minimum atomic E-state index is -0.203. The van der Waals surface area contributed by atoms with Gasteiger partial charge in [0.25, 0.3) is 0 Å². The molecule has 1 aliphatic heterocycles. The molecule has 120 valence electrons. The van der Waals surface area contributed by atoms with E-state index < -0.39 is 0 Å². The van der Waals surface area contributed by atoms with Crippen LogP contribution in [0.2, 0.25) is 0 Å². The number of hydrogen-bond donors (Lipinski definition) is 1. The molecular weight excluding hydrogens is 284 g/mol. The first-order valence-corrected chi connectivity index (χ1v) is 8.33. The molecule has 1 amide bonds. The predicted octanol–water partition coefficient (Wildman–Crippen LogP) is 2.89. The van der Waals surface area contributed by atoms with E-state index in [1.807, 2.05) is 48.3 Å². The topological polar surface area (TPSA) is 32.3 Å². The van der Waals surface area contributed by atoms with Crippen molar-refractivity contribution < 1.29 is 4.79 Å². The van der Waals surface area contributed by atoms with E-state index in [0.717, 1.165) is 37.2 Å². The van der Waals surface area contributed by atoms with Crippen LogP contribution in [0.4, 0.5) is 0 Å². The Labute approximate surface area is 138 Å². The fourth-order valence-electron chi connectivity index (χ4n) is 3.44. The van der Waals surface area contributed by atoms with Crippen LogP contribution in [0.25, 0.3) is 0 Å². The first-order valence-electron chi connectivity index (χ1n) is 8.33. The molecule has 2 aromatic carbocycles. The first-order chi connectivity index (χ1) is 11.3. The maximum Gasteiger partial charge on any atom is 0.234 e. The Morgan fingerprint density at radius 1 is 1.09 bits per heavy atom. The molecule has 1 N–H and O–H groups in total. The van der Waals surface area contributed by atoms with Gasteiger partial charge < -0.3 is 10.2 Å². The van der Waals surface area contributed by atoms with Crippen LogP contribution in [0.1, 0.15) is 23.5 Å². The number of likely N-dealkylation sites (tertiary alicyclic amines) is 1. The summed E-state index contributed by atoms with van der Waals surface area (Å²) in [6, 6.07) is 20.2. The zero-order chi connectivity index (χ0) is 16.1. The molecule has 0 aliphatic carbocycles. The minimum Gasteiger partial charge on any atom is -0.342 e. The molecule has 3 nitrogen and oxygen atoms in total. The van der Waals surface area contributed by atoms with Crippen molar-refractivity contribution in [1.82, 2.24) is 10.2 Å². The highest BCUT2D eigenvalue weighted by molar-refractivity contribution is 5.87. The lowest BCUT2D eigenvalue weighted by atomic mass is 9.90. The smallest absolute Gasteiger partial charge is 0.234 e. The lowest BCUT2D eigenvalue weighted by Gasteiger charge is -2.24. The highest BCUT2D eigenvalue weighted by atomic mass is 16.2. The summed E-state index contributed by atoms with van der Waals surface area (Å²) in [7, 11) is 1.97. The van der Waals surface area contributed by atoms with Crippen molar-refractivity contribution in [1.29, 1.82) is 0 Å². The largest absolute Gasteiger partial charge is 0.342 e. The average Bonchev–Trinajstić information content (AvgIpc) is 3.06. The van der Waals surface area contributed by atoms with Crippen molar-refractivity contribution in [3.63, 3.8) is 0 Å². The molecule has 3 rings (SSSR count). The molecule has 1 aliphatic rings. The predicted molar refractivity (Wildman–Crippen MR) is 93.3 cm³/mol. The van der Waals surface area contributed by atoms with Crippen LogP contribution in [0, 0.1) is 5.92 Å². The summed E-state index contributed by atoms with van der Waals surface area (Å²) >= 11 is 0. The zero-order valence-electron chi connectivity index (χ0n) is 13.6. The van der Waals surface area contributed by atoms with Gasteiger partial charge in [-0.1, -0.05) is 60.7 Å². The molecule has 0 spiro atoms. The molecule has 0 saturated carbocycles. The van der Waals surface area contributed by atoms with E-state index >= 15 is 0 Å². The van der Waals surface area contributed by atoms with Gasteiger partial charge in [-0.05, 0) is 37.1 Å². The quantitative estimate of drug-likeness (QED) is 0.921. The number of nitrogens with zero attached hydrogens (tertiary/aromatic N) is 1. The van der Waals surface area contributed by atoms with Gasteiger partial charge in [-0.15, -0.1) is 0 Å². The normalized spacial score (nSPS) is 17.7. The van der Waals surface area contributed by atoms with Gasteiger partial charge in [-0.2, -0.15) is 0 Å². The second kappa shape index (κ2) is 7.42. The van der Waals surface area contributed by atoms with Gasteiger partial charge in [0.05, 0.1) is 5.92 Å². The van der Waals surface area contributed by atoms with E-state index in [1.165, 1.54) is 0 Å². The summed E-state index contributed by atoms with van der Waals surface area (Å²) in [4.78, 5) is 15.2. The third-order valence-electron chi connectivity index (χ3n) is 4.60. The monoisotopic (exact) mass is 308 g/mol. The fraction of sp³-hybridized carbons (Fsp3) is 0.350. The molecule has 0 bridgehead atoms. The van der Waals surface area contributed by atoms with Crippen molar-refractivity contribution in [2.24, 2.45) is 5.92 Å². The van der Waals surface area contributed by atoms with Crippen molar-refractivity contribution in [3.8, 4) is 0 Å². The van der Waals surface area contributed by atoms with Crippen LogP contribution in [0.15, 0.2) is 60.7 Å². The Balaban J connectivity index is 1.86. The Bertz CT molecular complexity index is 587.